The summed E-state index contributed by atoms with van der Waals surface area (Å²) in [6, 6.07) is 0. The summed E-state index contributed by atoms with van der Waals surface area (Å²) in [6.45, 7) is 9.27. The van der Waals surface area contributed by atoms with E-state index < -0.39 is 0 Å². The van der Waals surface area contributed by atoms with Crippen LogP contribution in [0, 0.1) is 0 Å². The van der Waals surface area contributed by atoms with Crippen molar-refractivity contribution in [1.29, 1.82) is 0 Å². The summed E-state index contributed by atoms with van der Waals surface area (Å²) in [4.78, 5) is 18.6. The van der Waals surface area contributed by atoms with Crippen LogP contribution in [0.1, 0.15) is 45.9 Å². The molecule has 5 nitrogen and oxygen atoms in total. The molecule has 5 heteroatoms. The third-order valence-electron chi connectivity index (χ3n) is 3.59. The SMILES string of the molecule is CC(C)(C)NCc1nccn1CC(=O)N1CCCCC1. The van der Waals surface area contributed by atoms with Crippen molar-refractivity contribution in [3.63, 3.8) is 0 Å². The monoisotopic (exact) mass is 278 g/mol. The number of amides is 1. The van der Waals surface area contributed by atoms with E-state index in [2.05, 4.69) is 31.1 Å². The number of hydrogen-bond donors (Lipinski definition) is 1. The van der Waals surface area contributed by atoms with Crippen LogP contribution in [0.3, 0.4) is 0 Å². The molecule has 0 unspecified atom stereocenters. The highest BCUT2D eigenvalue weighted by Crippen LogP contribution is 2.10. The second-order valence-electron chi connectivity index (χ2n) is 6.52. The van der Waals surface area contributed by atoms with Crippen LogP contribution in [0.15, 0.2) is 12.4 Å². The van der Waals surface area contributed by atoms with Crippen molar-refractivity contribution in [1.82, 2.24) is 19.8 Å². The van der Waals surface area contributed by atoms with Gasteiger partial charge in [0.2, 0.25) is 5.91 Å². The van der Waals surface area contributed by atoms with E-state index in [0.717, 1.165) is 31.8 Å². The van der Waals surface area contributed by atoms with Gasteiger partial charge in [0.1, 0.15) is 12.4 Å². The van der Waals surface area contributed by atoms with Crippen molar-refractivity contribution >= 4 is 5.91 Å². The summed E-state index contributed by atoms with van der Waals surface area (Å²) in [5, 5.41) is 3.41. The number of aromatic nitrogens is 2. The smallest absolute Gasteiger partial charge is 0.242 e. The third kappa shape index (κ3) is 4.34. The summed E-state index contributed by atoms with van der Waals surface area (Å²) in [7, 11) is 0. The molecule has 2 rings (SSSR count). The molecule has 20 heavy (non-hydrogen) atoms. The van der Waals surface area contributed by atoms with Crippen molar-refractivity contribution in [2.45, 2.75) is 58.7 Å². The molecule has 1 aromatic rings. The molecule has 0 radical (unpaired) electrons. The van der Waals surface area contributed by atoms with Crippen molar-refractivity contribution in [2.24, 2.45) is 0 Å². The molecule has 1 aliphatic heterocycles. The van der Waals surface area contributed by atoms with Gasteiger partial charge in [-0.1, -0.05) is 0 Å². The van der Waals surface area contributed by atoms with Gasteiger partial charge in [-0.15, -0.1) is 0 Å². The first-order valence-electron chi connectivity index (χ1n) is 7.48. The average molecular weight is 278 g/mol. The van der Waals surface area contributed by atoms with Crippen molar-refractivity contribution in [3.8, 4) is 0 Å². The molecule has 112 valence electrons. The summed E-state index contributed by atoms with van der Waals surface area (Å²) in [5.41, 5.74) is 0.0493. The van der Waals surface area contributed by atoms with Crippen molar-refractivity contribution < 1.29 is 4.79 Å². The highest BCUT2D eigenvalue weighted by Gasteiger charge is 2.18. The van der Waals surface area contributed by atoms with E-state index >= 15 is 0 Å². The predicted octanol–water partition coefficient (Wildman–Crippen LogP) is 1.78. The first kappa shape index (κ1) is 15.0. The Kier molecular flexibility index (Phi) is 4.81. The Labute approximate surface area is 121 Å². The van der Waals surface area contributed by atoms with Crippen LogP contribution in [0.5, 0.6) is 0 Å². The number of rotatable bonds is 4. The van der Waals surface area contributed by atoms with Crippen molar-refractivity contribution in [2.75, 3.05) is 13.1 Å². The van der Waals surface area contributed by atoms with Gasteiger partial charge in [0.05, 0.1) is 6.54 Å². The van der Waals surface area contributed by atoms with Gasteiger partial charge in [0, 0.05) is 31.0 Å². The molecule has 2 heterocycles. The molecule has 1 N–H and O–H groups in total. The predicted molar refractivity (Wildman–Crippen MR) is 79.3 cm³/mol. The fourth-order valence-corrected chi connectivity index (χ4v) is 2.38. The Morgan fingerprint density at radius 2 is 2.00 bits per heavy atom. The molecule has 0 bridgehead atoms. The number of carbonyl (C=O) groups is 1. The quantitative estimate of drug-likeness (QED) is 0.913. The van der Waals surface area contributed by atoms with Crippen molar-refractivity contribution in [3.05, 3.63) is 18.2 Å². The molecular formula is C15H26N4O. The number of carbonyl (C=O) groups excluding carboxylic acids is 1. The molecule has 0 spiro atoms. The molecule has 0 saturated carbocycles. The van der Waals surface area contributed by atoms with Gasteiger partial charge in [-0.25, -0.2) is 4.98 Å². The van der Waals surface area contributed by atoms with Gasteiger partial charge in [-0.05, 0) is 40.0 Å². The Morgan fingerprint density at radius 3 is 2.65 bits per heavy atom. The molecule has 1 amide bonds. The minimum Gasteiger partial charge on any atom is -0.341 e. The van der Waals surface area contributed by atoms with E-state index in [9.17, 15) is 4.79 Å². The lowest BCUT2D eigenvalue weighted by atomic mass is 10.1. The molecule has 0 atom stereocenters. The standard InChI is InChI=1S/C15H26N4O/c1-15(2,3)17-11-13-16-7-10-19(13)12-14(20)18-8-5-4-6-9-18/h7,10,17H,4-6,8-9,11-12H2,1-3H3. The first-order valence-corrected chi connectivity index (χ1v) is 7.48. The molecule has 1 fully saturated rings. The number of hydrogen-bond acceptors (Lipinski definition) is 3. The van der Waals surface area contributed by atoms with Crippen LogP contribution in [0.4, 0.5) is 0 Å². The zero-order valence-corrected chi connectivity index (χ0v) is 12.9. The fraction of sp³-hybridized carbons (Fsp3) is 0.733. The highest BCUT2D eigenvalue weighted by molar-refractivity contribution is 5.76. The zero-order valence-electron chi connectivity index (χ0n) is 12.9. The van der Waals surface area contributed by atoms with Crippen LogP contribution < -0.4 is 5.32 Å². The van der Waals surface area contributed by atoms with Crippen LogP contribution in [0.2, 0.25) is 0 Å². The molecule has 0 aliphatic carbocycles. The lowest BCUT2D eigenvalue weighted by molar-refractivity contribution is -0.132. The summed E-state index contributed by atoms with van der Waals surface area (Å²) >= 11 is 0. The van der Waals surface area contributed by atoms with Gasteiger partial charge in [0.25, 0.3) is 0 Å². The number of likely N-dealkylation sites (tertiary alicyclic amines) is 1. The van der Waals surface area contributed by atoms with E-state index in [1.807, 2.05) is 15.7 Å². The molecule has 1 aliphatic rings. The maximum atomic E-state index is 12.3. The Hall–Kier alpha value is -1.36. The Bertz CT molecular complexity index is 441. The lowest BCUT2D eigenvalue weighted by Gasteiger charge is -2.27. The molecule has 1 saturated heterocycles. The second-order valence-corrected chi connectivity index (χ2v) is 6.52. The largest absolute Gasteiger partial charge is 0.341 e. The van der Waals surface area contributed by atoms with Crippen LogP contribution >= 0.6 is 0 Å². The summed E-state index contributed by atoms with van der Waals surface area (Å²) < 4.78 is 1.95. The molecular weight excluding hydrogens is 252 g/mol. The van der Waals surface area contributed by atoms with E-state index in [-0.39, 0.29) is 11.4 Å². The lowest BCUT2D eigenvalue weighted by Crippen LogP contribution is -2.39. The maximum Gasteiger partial charge on any atom is 0.242 e. The number of piperidine rings is 1. The first-order chi connectivity index (χ1) is 9.46. The fourth-order valence-electron chi connectivity index (χ4n) is 2.38. The number of nitrogens with one attached hydrogen (secondary N) is 1. The minimum absolute atomic E-state index is 0.0493. The Morgan fingerprint density at radius 1 is 1.30 bits per heavy atom. The number of nitrogens with zero attached hydrogens (tertiary/aromatic N) is 3. The molecule has 0 aromatic carbocycles. The van der Waals surface area contributed by atoms with E-state index in [4.69, 9.17) is 0 Å². The maximum absolute atomic E-state index is 12.3. The minimum atomic E-state index is 0.0493. The summed E-state index contributed by atoms with van der Waals surface area (Å²) in [6.07, 6.45) is 7.17. The van der Waals surface area contributed by atoms with Crippen LogP contribution in [0.25, 0.3) is 0 Å². The normalized spacial score (nSPS) is 16.4. The zero-order chi connectivity index (χ0) is 14.6. The second kappa shape index (κ2) is 6.39. The summed E-state index contributed by atoms with van der Waals surface area (Å²) in [5.74, 6) is 1.13. The van der Waals surface area contributed by atoms with Gasteiger partial charge in [0.15, 0.2) is 0 Å². The molecule has 1 aromatic heterocycles. The van der Waals surface area contributed by atoms with Gasteiger partial charge in [-0.3, -0.25) is 4.79 Å². The average Bonchev–Trinajstić information content (AvgIpc) is 2.84. The Balaban J connectivity index is 1.92. The highest BCUT2D eigenvalue weighted by atomic mass is 16.2. The van der Waals surface area contributed by atoms with Gasteiger partial charge in [-0.2, -0.15) is 0 Å². The van der Waals surface area contributed by atoms with Gasteiger partial charge >= 0.3 is 0 Å². The van der Waals surface area contributed by atoms with Crippen LogP contribution in [-0.4, -0.2) is 39.0 Å². The third-order valence-corrected chi connectivity index (χ3v) is 3.59. The van der Waals surface area contributed by atoms with E-state index in [1.165, 1.54) is 6.42 Å². The van der Waals surface area contributed by atoms with Gasteiger partial charge < -0.3 is 14.8 Å². The topological polar surface area (TPSA) is 50.2 Å². The van der Waals surface area contributed by atoms with E-state index in [1.54, 1.807) is 6.20 Å². The van der Waals surface area contributed by atoms with Crippen LogP contribution in [-0.2, 0) is 17.9 Å². The van der Waals surface area contributed by atoms with E-state index in [0.29, 0.717) is 13.1 Å². The number of imidazole rings is 1.